The van der Waals surface area contributed by atoms with Crippen molar-refractivity contribution in [2.75, 3.05) is 13.1 Å². The number of halogens is 1. The topological polar surface area (TPSA) is 21.3 Å². The van der Waals surface area contributed by atoms with Crippen LogP contribution in [0.15, 0.2) is 48.5 Å². The Morgan fingerprint density at radius 2 is 1.80 bits per heavy atom. The third kappa shape index (κ3) is 3.04. The third-order valence-corrected chi connectivity index (χ3v) is 4.00. The minimum Gasteiger partial charge on any atom is -0.372 e. The molecular weight excluding hydrogens is 270 g/mol. The Balaban J connectivity index is 1.82. The molecule has 0 aromatic heterocycles. The van der Waals surface area contributed by atoms with Crippen molar-refractivity contribution < 1.29 is 4.74 Å². The van der Waals surface area contributed by atoms with E-state index in [1.807, 2.05) is 30.3 Å². The molecule has 2 nitrogen and oxygen atoms in total. The molecule has 1 unspecified atom stereocenters. The molecule has 1 fully saturated rings. The van der Waals surface area contributed by atoms with Gasteiger partial charge in [-0.05, 0) is 30.2 Å². The average Bonchev–Trinajstić information content (AvgIpc) is 2.99. The van der Waals surface area contributed by atoms with E-state index in [2.05, 4.69) is 23.5 Å². The molecule has 1 aliphatic heterocycles. The lowest BCUT2D eigenvalue weighted by Gasteiger charge is -2.14. The van der Waals surface area contributed by atoms with Crippen molar-refractivity contribution in [3.8, 4) is 11.1 Å². The van der Waals surface area contributed by atoms with Crippen molar-refractivity contribution in [1.29, 1.82) is 0 Å². The van der Waals surface area contributed by atoms with Crippen LogP contribution in [0.25, 0.3) is 11.1 Å². The van der Waals surface area contributed by atoms with Gasteiger partial charge >= 0.3 is 0 Å². The summed E-state index contributed by atoms with van der Waals surface area (Å²) in [5.74, 6) is 0. The third-order valence-electron chi connectivity index (χ3n) is 3.67. The van der Waals surface area contributed by atoms with Crippen LogP contribution in [0, 0.1) is 0 Å². The first-order chi connectivity index (χ1) is 9.84. The van der Waals surface area contributed by atoms with Crippen molar-refractivity contribution in [2.24, 2.45) is 0 Å². The van der Waals surface area contributed by atoms with E-state index in [1.54, 1.807) is 0 Å². The molecule has 0 saturated carbocycles. The standard InChI is InChI=1S/C17H18ClNO/c18-17-8-4-3-7-16(17)15-6-2-1-5-13(15)12-20-14-9-10-19-11-14/h1-8,14,19H,9-12H2. The number of ether oxygens (including phenoxy) is 1. The van der Waals surface area contributed by atoms with E-state index in [4.69, 9.17) is 16.3 Å². The Kier molecular flexibility index (Phi) is 4.36. The summed E-state index contributed by atoms with van der Waals surface area (Å²) in [6, 6.07) is 16.3. The molecule has 0 bridgehead atoms. The van der Waals surface area contributed by atoms with Gasteiger partial charge in [0.15, 0.2) is 0 Å². The van der Waals surface area contributed by atoms with Gasteiger partial charge in [0.2, 0.25) is 0 Å². The monoisotopic (exact) mass is 287 g/mol. The molecule has 0 radical (unpaired) electrons. The van der Waals surface area contributed by atoms with Crippen molar-refractivity contribution in [1.82, 2.24) is 5.32 Å². The molecule has 3 heteroatoms. The van der Waals surface area contributed by atoms with Gasteiger partial charge in [0, 0.05) is 17.1 Å². The fraction of sp³-hybridized carbons (Fsp3) is 0.294. The number of hydrogen-bond acceptors (Lipinski definition) is 2. The Bertz CT molecular complexity index is 579. The van der Waals surface area contributed by atoms with Crippen molar-refractivity contribution in [3.63, 3.8) is 0 Å². The zero-order valence-electron chi connectivity index (χ0n) is 11.3. The summed E-state index contributed by atoms with van der Waals surface area (Å²) >= 11 is 6.31. The van der Waals surface area contributed by atoms with Crippen LogP contribution in [0.4, 0.5) is 0 Å². The lowest BCUT2D eigenvalue weighted by atomic mass is 10.00. The molecule has 0 aliphatic carbocycles. The second kappa shape index (κ2) is 6.40. The number of hydrogen-bond donors (Lipinski definition) is 1. The SMILES string of the molecule is Clc1ccccc1-c1ccccc1COC1CCNC1. The summed E-state index contributed by atoms with van der Waals surface area (Å²) in [7, 11) is 0. The van der Waals surface area contributed by atoms with Gasteiger partial charge in [-0.1, -0.05) is 54.1 Å². The Hall–Kier alpha value is -1.35. The maximum Gasteiger partial charge on any atom is 0.0727 e. The number of rotatable bonds is 4. The molecule has 2 aromatic rings. The van der Waals surface area contributed by atoms with Crippen LogP contribution in [0.3, 0.4) is 0 Å². The molecule has 1 aliphatic rings. The molecule has 3 rings (SSSR count). The second-order valence-corrected chi connectivity index (χ2v) is 5.47. The summed E-state index contributed by atoms with van der Waals surface area (Å²) in [6.07, 6.45) is 1.42. The predicted octanol–water partition coefficient (Wildman–Crippen LogP) is 3.89. The highest BCUT2D eigenvalue weighted by atomic mass is 35.5. The fourth-order valence-electron chi connectivity index (χ4n) is 2.57. The lowest BCUT2D eigenvalue weighted by molar-refractivity contribution is 0.0545. The number of nitrogens with one attached hydrogen (secondary N) is 1. The van der Waals surface area contributed by atoms with Crippen LogP contribution in [0.1, 0.15) is 12.0 Å². The molecule has 0 amide bonds. The summed E-state index contributed by atoms with van der Waals surface area (Å²) in [6.45, 7) is 2.64. The molecule has 0 spiro atoms. The molecular formula is C17H18ClNO. The van der Waals surface area contributed by atoms with Gasteiger partial charge in [0.25, 0.3) is 0 Å². The first kappa shape index (κ1) is 13.6. The Labute approximate surface area is 124 Å². The van der Waals surface area contributed by atoms with Gasteiger partial charge in [-0.2, -0.15) is 0 Å². The molecule has 1 heterocycles. The highest BCUT2D eigenvalue weighted by Gasteiger charge is 2.15. The normalized spacial score (nSPS) is 18.4. The first-order valence-corrected chi connectivity index (χ1v) is 7.37. The predicted molar refractivity (Wildman–Crippen MR) is 83.0 cm³/mol. The van der Waals surface area contributed by atoms with Gasteiger partial charge < -0.3 is 10.1 Å². The van der Waals surface area contributed by atoms with Gasteiger partial charge in [0.1, 0.15) is 0 Å². The number of benzene rings is 2. The van der Waals surface area contributed by atoms with Gasteiger partial charge in [0.05, 0.1) is 12.7 Å². The fourth-order valence-corrected chi connectivity index (χ4v) is 2.80. The van der Waals surface area contributed by atoms with E-state index < -0.39 is 0 Å². The van der Waals surface area contributed by atoms with E-state index in [0.29, 0.717) is 12.7 Å². The molecule has 20 heavy (non-hydrogen) atoms. The first-order valence-electron chi connectivity index (χ1n) is 7.00. The van der Waals surface area contributed by atoms with Gasteiger partial charge in [-0.15, -0.1) is 0 Å². The summed E-state index contributed by atoms with van der Waals surface area (Å²) in [5, 5.41) is 4.10. The van der Waals surface area contributed by atoms with E-state index in [-0.39, 0.29) is 0 Å². The summed E-state index contributed by atoms with van der Waals surface area (Å²) in [5.41, 5.74) is 3.41. The maximum atomic E-state index is 6.31. The maximum absolute atomic E-state index is 6.31. The van der Waals surface area contributed by atoms with Crippen molar-refractivity contribution >= 4 is 11.6 Å². The Morgan fingerprint density at radius 3 is 2.55 bits per heavy atom. The zero-order valence-corrected chi connectivity index (χ0v) is 12.1. The lowest BCUT2D eigenvalue weighted by Crippen LogP contribution is -2.16. The highest BCUT2D eigenvalue weighted by molar-refractivity contribution is 6.33. The van der Waals surface area contributed by atoms with E-state index in [9.17, 15) is 0 Å². The van der Waals surface area contributed by atoms with Gasteiger partial charge in [-0.3, -0.25) is 0 Å². The van der Waals surface area contributed by atoms with E-state index in [1.165, 1.54) is 5.56 Å². The zero-order chi connectivity index (χ0) is 13.8. The molecule has 1 atom stereocenters. The summed E-state index contributed by atoms with van der Waals surface area (Å²) < 4.78 is 5.99. The largest absolute Gasteiger partial charge is 0.372 e. The highest BCUT2D eigenvalue weighted by Crippen LogP contribution is 2.30. The van der Waals surface area contributed by atoms with Crippen molar-refractivity contribution in [2.45, 2.75) is 19.1 Å². The van der Waals surface area contributed by atoms with E-state index >= 15 is 0 Å². The molecule has 1 N–H and O–H groups in total. The van der Waals surface area contributed by atoms with Crippen LogP contribution in [0.5, 0.6) is 0 Å². The van der Waals surface area contributed by atoms with Crippen molar-refractivity contribution in [3.05, 3.63) is 59.1 Å². The average molecular weight is 288 g/mol. The second-order valence-electron chi connectivity index (χ2n) is 5.06. The van der Waals surface area contributed by atoms with Crippen LogP contribution in [-0.4, -0.2) is 19.2 Å². The Morgan fingerprint density at radius 1 is 1.05 bits per heavy atom. The minimum absolute atomic E-state index is 0.328. The molecule has 1 saturated heterocycles. The van der Waals surface area contributed by atoms with Gasteiger partial charge in [-0.25, -0.2) is 0 Å². The van der Waals surface area contributed by atoms with Crippen LogP contribution >= 0.6 is 11.6 Å². The molecule has 104 valence electrons. The van der Waals surface area contributed by atoms with Crippen LogP contribution < -0.4 is 5.32 Å². The molecule has 2 aromatic carbocycles. The minimum atomic E-state index is 0.328. The van der Waals surface area contributed by atoms with E-state index in [0.717, 1.165) is 35.7 Å². The smallest absolute Gasteiger partial charge is 0.0727 e. The quantitative estimate of drug-likeness (QED) is 0.921. The van der Waals surface area contributed by atoms with Crippen LogP contribution in [-0.2, 0) is 11.3 Å². The summed E-state index contributed by atoms with van der Waals surface area (Å²) in [4.78, 5) is 0. The van der Waals surface area contributed by atoms with Crippen LogP contribution in [0.2, 0.25) is 5.02 Å².